The average molecular weight is 336 g/mol. The number of carbonyl (C=O) groups is 3. The van der Waals surface area contributed by atoms with Crippen molar-refractivity contribution in [3.63, 3.8) is 0 Å². The van der Waals surface area contributed by atoms with E-state index in [9.17, 15) is 14.4 Å². The van der Waals surface area contributed by atoms with Gasteiger partial charge in [-0.1, -0.05) is 27.7 Å². The standard InChI is InChI=1S/C18H24O6/c1-5-12(4)18(21)22-11-13-8-14(23-16(19)6-2)10-15(9-13)24-17(20)7-3/h8-10,12H,5-7,11H2,1-4H3. The highest BCUT2D eigenvalue weighted by molar-refractivity contribution is 5.74. The summed E-state index contributed by atoms with van der Waals surface area (Å²) in [5, 5.41) is 0. The molecule has 0 aromatic heterocycles. The normalized spacial score (nSPS) is 11.5. The lowest BCUT2D eigenvalue weighted by atomic mass is 10.1. The van der Waals surface area contributed by atoms with Gasteiger partial charge in [0.2, 0.25) is 0 Å². The van der Waals surface area contributed by atoms with Gasteiger partial charge in [0.25, 0.3) is 0 Å². The lowest BCUT2D eigenvalue weighted by Gasteiger charge is -2.12. The summed E-state index contributed by atoms with van der Waals surface area (Å²) in [7, 11) is 0. The molecule has 0 aliphatic heterocycles. The third-order valence-electron chi connectivity index (χ3n) is 3.38. The molecule has 24 heavy (non-hydrogen) atoms. The Balaban J connectivity index is 2.93. The molecule has 132 valence electrons. The zero-order valence-electron chi connectivity index (χ0n) is 14.6. The molecule has 1 aromatic carbocycles. The minimum Gasteiger partial charge on any atom is -0.461 e. The van der Waals surface area contributed by atoms with E-state index in [2.05, 4.69) is 0 Å². The summed E-state index contributed by atoms with van der Waals surface area (Å²) in [6.07, 6.45) is 1.13. The lowest BCUT2D eigenvalue weighted by Crippen LogP contribution is -2.14. The van der Waals surface area contributed by atoms with Crippen LogP contribution in [0.4, 0.5) is 0 Å². The van der Waals surface area contributed by atoms with Crippen LogP contribution >= 0.6 is 0 Å². The summed E-state index contributed by atoms with van der Waals surface area (Å²) < 4.78 is 15.6. The van der Waals surface area contributed by atoms with Gasteiger partial charge in [-0.05, 0) is 24.1 Å². The number of ether oxygens (including phenoxy) is 3. The SMILES string of the molecule is CCC(=O)Oc1cc(COC(=O)C(C)CC)cc(OC(=O)CC)c1. The van der Waals surface area contributed by atoms with E-state index < -0.39 is 11.9 Å². The number of hydrogen-bond acceptors (Lipinski definition) is 6. The van der Waals surface area contributed by atoms with Crippen LogP contribution in [0, 0.1) is 5.92 Å². The van der Waals surface area contributed by atoms with Crippen LogP contribution in [0.15, 0.2) is 18.2 Å². The van der Waals surface area contributed by atoms with E-state index in [4.69, 9.17) is 14.2 Å². The van der Waals surface area contributed by atoms with Gasteiger partial charge in [-0.15, -0.1) is 0 Å². The minimum atomic E-state index is -0.406. The quantitative estimate of drug-likeness (QED) is 0.535. The lowest BCUT2D eigenvalue weighted by molar-refractivity contribution is -0.149. The largest absolute Gasteiger partial charge is 0.461 e. The number of rotatable bonds is 8. The first-order valence-electron chi connectivity index (χ1n) is 8.11. The molecule has 1 rings (SSSR count). The number of hydrogen-bond donors (Lipinski definition) is 0. The van der Waals surface area contributed by atoms with Crippen LogP contribution in [0.1, 0.15) is 52.5 Å². The molecule has 0 aliphatic carbocycles. The van der Waals surface area contributed by atoms with Crippen LogP contribution in [-0.4, -0.2) is 17.9 Å². The molecule has 1 atom stereocenters. The molecule has 6 nitrogen and oxygen atoms in total. The van der Waals surface area contributed by atoms with E-state index in [-0.39, 0.29) is 42.8 Å². The zero-order valence-corrected chi connectivity index (χ0v) is 14.6. The van der Waals surface area contributed by atoms with E-state index in [1.54, 1.807) is 32.9 Å². The first-order valence-corrected chi connectivity index (χ1v) is 8.11. The van der Waals surface area contributed by atoms with Crippen molar-refractivity contribution in [1.29, 1.82) is 0 Å². The third-order valence-corrected chi connectivity index (χ3v) is 3.38. The number of esters is 3. The number of benzene rings is 1. The van der Waals surface area contributed by atoms with E-state index >= 15 is 0 Å². The average Bonchev–Trinajstić information content (AvgIpc) is 2.58. The smallest absolute Gasteiger partial charge is 0.310 e. The molecular formula is C18H24O6. The second kappa shape index (κ2) is 9.70. The molecule has 0 bridgehead atoms. The summed E-state index contributed by atoms with van der Waals surface area (Å²) in [6, 6.07) is 4.63. The first-order chi connectivity index (χ1) is 11.4. The fraction of sp³-hybridized carbons (Fsp3) is 0.500. The van der Waals surface area contributed by atoms with Crippen LogP contribution in [0.2, 0.25) is 0 Å². The molecule has 0 heterocycles. The van der Waals surface area contributed by atoms with Gasteiger partial charge in [-0.25, -0.2) is 0 Å². The fourth-order valence-corrected chi connectivity index (χ4v) is 1.70. The summed E-state index contributed by atoms with van der Waals surface area (Å²) in [6.45, 7) is 7.06. The summed E-state index contributed by atoms with van der Waals surface area (Å²) >= 11 is 0. The van der Waals surface area contributed by atoms with Crippen molar-refractivity contribution in [2.75, 3.05) is 0 Å². The molecule has 0 radical (unpaired) electrons. The van der Waals surface area contributed by atoms with Crippen molar-refractivity contribution in [1.82, 2.24) is 0 Å². The molecule has 0 saturated carbocycles. The highest BCUT2D eigenvalue weighted by atomic mass is 16.5. The predicted octanol–water partition coefficient (Wildman–Crippen LogP) is 3.41. The van der Waals surface area contributed by atoms with Gasteiger partial charge >= 0.3 is 17.9 Å². The van der Waals surface area contributed by atoms with E-state index in [1.165, 1.54) is 6.07 Å². The highest BCUT2D eigenvalue weighted by Crippen LogP contribution is 2.25. The first kappa shape index (κ1) is 19.7. The molecule has 0 fully saturated rings. The maximum Gasteiger partial charge on any atom is 0.310 e. The predicted molar refractivity (Wildman–Crippen MR) is 87.5 cm³/mol. The second-order valence-electron chi connectivity index (χ2n) is 5.38. The third kappa shape index (κ3) is 6.40. The van der Waals surface area contributed by atoms with Crippen LogP contribution in [0.3, 0.4) is 0 Å². The van der Waals surface area contributed by atoms with Gasteiger partial charge in [-0.2, -0.15) is 0 Å². The van der Waals surface area contributed by atoms with E-state index in [0.29, 0.717) is 12.0 Å². The van der Waals surface area contributed by atoms with Crippen LogP contribution in [-0.2, 0) is 25.7 Å². The topological polar surface area (TPSA) is 78.9 Å². The monoisotopic (exact) mass is 336 g/mol. The molecule has 1 aromatic rings. The Morgan fingerprint density at radius 1 is 0.917 bits per heavy atom. The summed E-state index contributed by atoms with van der Waals surface area (Å²) in [5.74, 6) is -0.812. The summed E-state index contributed by atoms with van der Waals surface area (Å²) in [5.41, 5.74) is 0.576. The highest BCUT2D eigenvalue weighted by Gasteiger charge is 2.14. The summed E-state index contributed by atoms with van der Waals surface area (Å²) in [4.78, 5) is 34.7. The van der Waals surface area contributed by atoms with Crippen molar-refractivity contribution in [3.8, 4) is 11.5 Å². The Bertz CT molecular complexity index is 557. The Morgan fingerprint density at radius 3 is 1.83 bits per heavy atom. The molecule has 0 saturated heterocycles. The minimum absolute atomic E-state index is 0.0113. The zero-order chi connectivity index (χ0) is 18.1. The second-order valence-corrected chi connectivity index (χ2v) is 5.38. The Morgan fingerprint density at radius 2 is 1.42 bits per heavy atom. The molecular weight excluding hydrogens is 312 g/mol. The number of carbonyl (C=O) groups excluding carboxylic acids is 3. The van der Waals surface area contributed by atoms with Crippen molar-refractivity contribution in [3.05, 3.63) is 23.8 Å². The van der Waals surface area contributed by atoms with Gasteiger partial charge in [0.05, 0.1) is 5.92 Å². The molecule has 1 unspecified atom stereocenters. The Kier molecular flexibility index (Phi) is 7.95. The van der Waals surface area contributed by atoms with Crippen LogP contribution in [0.5, 0.6) is 11.5 Å². The van der Waals surface area contributed by atoms with Crippen LogP contribution < -0.4 is 9.47 Å². The van der Waals surface area contributed by atoms with Gasteiger partial charge < -0.3 is 14.2 Å². The fourth-order valence-electron chi connectivity index (χ4n) is 1.70. The van der Waals surface area contributed by atoms with Crippen LogP contribution in [0.25, 0.3) is 0 Å². The Hall–Kier alpha value is -2.37. The molecule has 0 spiro atoms. The molecule has 0 aliphatic rings. The van der Waals surface area contributed by atoms with E-state index in [0.717, 1.165) is 0 Å². The van der Waals surface area contributed by atoms with Gasteiger partial charge in [0.15, 0.2) is 0 Å². The Labute approximate surface area is 142 Å². The van der Waals surface area contributed by atoms with Crippen molar-refractivity contribution in [2.45, 2.75) is 53.6 Å². The van der Waals surface area contributed by atoms with Gasteiger partial charge in [-0.3, -0.25) is 14.4 Å². The van der Waals surface area contributed by atoms with Gasteiger partial charge in [0.1, 0.15) is 18.1 Å². The van der Waals surface area contributed by atoms with E-state index in [1.807, 2.05) is 6.92 Å². The van der Waals surface area contributed by atoms with Crippen molar-refractivity contribution in [2.24, 2.45) is 5.92 Å². The van der Waals surface area contributed by atoms with Gasteiger partial charge in [0, 0.05) is 18.9 Å². The van der Waals surface area contributed by atoms with Crippen molar-refractivity contribution < 1.29 is 28.6 Å². The maximum atomic E-state index is 11.8. The molecule has 0 N–H and O–H groups in total. The molecule has 0 amide bonds. The molecule has 6 heteroatoms. The maximum absolute atomic E-state index is 11.8. The van der Waals surface area contributed by atoms with Crippen molar-refractivity contribution >= 4 is 17.9 Å².